The Morgan fingerprint density at radius 2 is 2.00 bits per heavy atom. The van der Waals surface area contributed by atoms with Crippen molar-refractivity contribution in [2.24, 2.45) is 5.73 Å². The summed E-state index contributed by atoms with van der Waals surface area (Å²) in [4.78, 5) is 0. The van der Waals surface area contributed by atoms with E-state index < -0.39 is 0 Å². The lowest BCUT2D eigenvalue weighted by Gasteiger charge is -2.19. The van der Waals surface area contributed by atoms with E-state index in [4.69, 9.17) is 26.8 Å². The van der Waals surface area contributed by atoms with Gasteiger partial charge in [-0.2, -0.15) is 0 Å². The van der Waals surface area contributed by atoms with E-state index in [1.54, 1.807) is 0 Å². The summed E-state index contributed by atoms with van der Waals surface area (Å²) in [6, 6.07) is 5.53. The number of alkyl halides is 1. The molecule has 1 aliphatic rings. The minimum atomic E-state index is -0.146. The highest BCUT2D eigenvalue weighted by Crippen LogP contribution is 2.32. The van der Waals surface area contributed by atoms with Gasteiger partial charge in [-0.15, -0.1) is 11.6 Å². The van der Waals surface area contributed by atoms with Crippen LogP contribution in [0, 0.1) is 0 Å². The molecule has 0 radical (unpaired) electrons. The highest BCUT2D eigenvalue weighted by molar-refractivity contribution is 6.18. The fourth-order valence-electron chi connectivity index (χ4n) is 1.38. The van der Waals surface area contributed by atoms with Crippen molar-refractivity contribution in [3.8, 4) is 11.5 Å². The molecule has 0 amide bonds. The minimum absolute atomic E-state index is 0.146. The molecule has 0 saturated heterocycles. The van der Waals surface area contributed by atoms with Crippen LogP contribution in [-0.4, -0.2) is 19.1 Å². The van der Waals surface area contributed by atoms with Crippen molar-refractivity contribution in [2.45, 2.75) is 6.04 Å². The van der Waals surface area contributed by atoms with E-state index in [0.717, 1.165) is 17.1 Å². The van der Waals surface area contributed by atoms with Crippen LogP contribution in [0.1, 0.15) is 11.6 Å². The third-order valence-corrected chi connectivity index (χ3v) is 2.49. The van der Waals surface area contributed by atoms with Crippen molar-refractivity contribution in [2.75, 3.05) is 19.1 Å². The molecule has 0 aliphatic carbocycles. The number of hydrogen-bond donors (Lipinski definition) is 1. The lowest BCUT2D eigenvalue weighted by molar-refractivity contribution is 0.171. The van der Waals surface area contributed by atoms with Gasteiger partial charge in [0.2, 0.25) is 0 Å². The number of benzene rings is 1. The largest absolute Gasteiger partial charge is 0.486 e. The van der Waals surface area contributed by atoms with E-state index in [0.29, 0.717) is 19.1 Å². The Balaban J connectivity index is 2.29. The SMILES string of the molecule is NC(CCl)c1ccc2c(c1)OCCO2. The van der Waals surface area contributed by atoms with Gasteiger partial charge in [-0.25, -0.2) is 0 Å². The number of fused-ring (bicyclic) bond motifs is 1. The Bertz CT molecular complexity index is 330. The molecule has 76 valence electrons. The quantitative estimate of drug-likeness (QED) is 0.761. The third-order valence-electron chi connectivity index (χ3n) is 2.16. The molecule has 0 bridgehead atoms. The fraction of sp³-hybridized carbons (Fsp3) is 0.400. The molecule has 14 heavy (non-hydrogen) atoms. The number of ether oxygens (including phenoxy) is 2. The molecule has 1 atom stereocenters. The summed E-state index contributed by atoms with van der Waals surface area (Å²) in [7, 11) is 0. The van der Waals surface area contributed by atoms with Crippen molar-refractivity contribution < 1.29 is 9.47 Å². The molecule has 0 aromatic heterocycles. The summed E-state index contributed by atoms with van der Waals surface area (Å²) >= 11 is 5.67. The maximum Gasteiger partial charge on any atom is 0.161 e. The van der Waals surface area contributed by atoms with Crippen LogP contribution in [0.15, 0.2) is 18.2 Å². The average Bonchev–Trinajstić information content (AvgIpc) is 2.27. The van der Waals surface area contributed by atoms with Gasteiger partial charge in [0, 0.05) is 11.9 Å². The molecule has 3 nitrogen and oxygen atoms in total. The molecular formula is C10H12ClNO2. The zero-order chi connectivity index (χ0) is 9.97. The Kier molecular flexibility index (Phi) is 2.79. The van der Waals surface area contributed by atoms with Gasteiger partial charge in [-0.1, -0.05) is 6.07 Å². The van der Waals surface area contributed by atoms with Crippen molar-refractivity contribution in [3.63, 3.8) is 0 Å². The van der Waals surface area contributed by atoms with Crippen LogP contribution in [-0.2, 0) is 0 Å². The van der Waals surface area contributed by atoms with E-state index in [2.05, 4.69) is 0 Å². The molecule has 4 heteroatoms. The topological polar surface area (TPSA) is 44.5 Å². The fourth-order valence-corrected chi connectivity index (χ4v) is 1.56. The first-order valence-electron chi connectivity index (χ1n) is 4.52. The zero-order valence-electron chi connectivity index (χ0n) is 7.70. The Morgan fingerprint density at radius 1 is 1.29 bits per heavy atom. The van der Waals surface area contributed by atoms with Gasteiger partial charge in [0.05, 0.1) is 0 Å². The monoisotopic (exact) mass is 213 g/mol. The second kappa shape index (κ2) is 4.07. The normalized spacial score (nSPS) is 16.4. The van der Waals surface area contributed by atoms with E-state index in [1.807, 2.05) is 18.2 Å². The van der Waals surface area contributed by atoms with Gasteiger partial charge in [0.25, 0.3) is 0 Å². The van der Waals surface area contributed by atoms with Crippen LogP contribution in [0.3, 0.4) is 0 Å². The van der Waals surface area contributed by atoms with Crippen molar-refractivity contribution in [1.29, 1.82) is 0 Å². The zero-order valence-corrected chi connectivity index (χ0v) is 8.46. The molecule has 1 aromatic rings. The molecular weight excluding hydrogens is 202 g/mol. The van der Waals surface area contributed by atoms with Crippen LogP contribution in [0.5, 0.6) is 11.5 Å². The first-order chi connectivity index (χ1) is 6.81. The predicted octanol–water partition coefficient (Wildman–Crippen LogP) is 1.70. The maximum atomic E-state index is 5.80. The van der Waals surface area contributed by atoms with E-state index in [9.17, 15) is 0 Å². The van der Waals surface area contributed by atoms with Crippen LogP contribution in [0.25, 0.3) is 0 Å². The van der Waals surface area contributed by atoms with E-state index in [-0.39, 0.29) is 6.04 Å². The van der Waals surface area contributed by atoms with Gasteiger partial charge in [-0.05, 0) is 17.7 Å². The van der Waals surface area contributed by atoms with Gasteiger partial charge in [0.1, 0.15) is 13.2 Å². The Labute approximate surface area is 87.8 Å². The van der Waals surface area contributed by atoms with Gasteiger partial charge in [-0.3, -0.25) is 0 Å². The molecule has 1 unspecified atom stereocenters. The summed E-state index contributed by atoms with van der Waals surface area (Å²) < 4.78 is 10.8. The second-order valence-corrected chi connectivity index (χ2v) is 3.47. The third kappa shape index (κ3) is 1.79. The summed E-state index contributed by atoms with van der Waals surface area (Å²) in [5.74, 6) is 1.94. The molecule has 0 saturated carbocycles. The van der Waals surface area contributed by atoms with E-state index >= 15 is 0 Å². The minimum Gasteiger partial charge on any atom is -0.486 e. The highest BCUT2D eigenvalue weighted by Gasteiger charge is 2.13. The van der Waals surface area contributed by atoms with Crippen molar-refractivity contribution >= 4 is 11.6 Å². The molecule has 0 spiro atoms. The van der Waals surface area contributed by atoms with Crippen molar-refractivity contribution in [3.05, 3.63) is 23.8 Å². The number of halogens is 1. The summed E-state index contributed by atoms with van der Waals surface area (Å²) in [5.41, 5.74) is 6.78. The Hall–Kier alpha value is -0.930. The predicted molar refractivity (Wildman–Crippen MR) is 55.1 cm³/mol. The molecule has 1 aromatic carbocycles. The number of hydrogen-bond acceptors (Lipinski definition) is 3. The van der Waals surface area contributed by atoms with Crippen molar-refractivity contribution in [1.82, 2.24) is 0 Å². The smallest absolute Gasteiger partial charge is 0.161 e. The lowest BCUT2D eigenvalue weighted by atomic mass is 10.1. The van der Waals surface area contributed by atoms with Gasteiger partial charge >= 0.3 is 0 Å². The molecule has 2 rings (SSSR count). The molecule has 1 heterocycles. The van der Waals surface area contributed by atoms with Crippen LogP contribution in [0.4, 0.5) is 0 Å². The first-order valence-corrected chi connectivity index (χ1v) is 5.06. The molecule has 0 fully saturated rings. The summed E-state index contributed by atoms with van der Waals surface area (Å²) in [6.07, 6.45) is 0. The summed E-state index contributed by atoms with van der Waals surface area (Å²) in [6.45, 7) is 1.19. The van der Waals surface area contributed by atoms with Crippen LogP contribution in [0.2, 0.25) is 0 Å². The molecule has 1 aliphatic heterocycles. The number of rotatable bonds is 2. The van der Waals surface area contributed by atoms with Crippen LogP contribution >= 0.6 is 11.6 Å². The lowest BCUT2D eigenvalue weighted by Crippen LogP contribution is -2.17. The maximum absolute atomic E-state index is 5.80. The van der Waals surface area contributed by atoms with Crippen LogP contribution < -0.4 is 15.2 Å². The second-order valence-electron chi connectivity index (χ2n) is 3.16. The summed E-state index contributed by atoms with van der Waals surface area (Å²) in [5, 5.41) is 0. The van der Waals surface area contributed by atoms with Gasteiger partial charge < -0.3 is 15.2 Å². The highest BCUT2D eigenvalue weighted by atomic mass is 35.5. The number of nitrogens with two attached hydrogens (primary N) is 1. The average molecular weight is 214 g/mol. The van der Waals surface area contributed by atoms with Gasteiger partial charge in [0.15, 0.2) is 11.5 Å². The first kappa shape index (κ1) is 9.62. The Morgan fingerprint density at radius 3 is 2.71 bits per heavy atom. The molecule has 2 N–H and O–H groups in total. The standard InChI is InChI=1S/C10H12ClNO2/c11-6-8(12)7-1-2-9-10(5-7)14-4-3-13-9/h1-2,5,8H,3-4,6,12H2. The van der Waals surface area contributed by atoms with E-state index in [1.165, 1.54) is 0 Å².